The largest absolute Gasteiger partial charge is 0.452 e. The van der Waals surface area contributed by atoms with Crippen molar-refractivity contribution in [2.75, 3.05) is 31.1 Å². The molecule has 156 valence electrons. The Morgan fingerprint density at radius 1 is 1.00 bits per heavy atom. The Balaban J connectivity index is 1.82. The summed E-state index contributed by atoms with van der Waals surface area (Å²) in [6.45, 7) is 15.3. The molecule has 1 heterocycles. The van der Waals surface area contributed by atoms with Crippen LogP contribution in [0.15, 0.2) is 71.1 Å². The highest BCUT2D eigenvalue weighted by Crippen LogP contribution is 2.27. The van der Waals surface area contributed by atoms with Gasteiger partial charge in [-0.2, -0.15) is 0 Å². The van der Waals surface area contributed by atoms with Gasteiger partial charge in [-0.25, -0.2) is 16.1 Å². The van der Waals surface area contributed by atoms with Gasteiger partial charge in [0.2, 0.25) is 11.9 Å². The monoisotopic (exact) mass is 411 g/mol. The molecule has 5 heteroatoms. The van der Waals surface area contributed by atoms with Crippen molar-refractivity contribution in [1.29, 1.82) is 0 Å². The van der Waals surface area contributed by atoms with Crippen molar-refractivity contribution in [3.8, 4) is 11.5 Å². The van der Waals surface area contributed by atoms with Gasteiger partial charge in [0.05, 0.1) is 6.07 Å². The zero-order chi connectivity index (χ0) is 21.6. The number of aromatic nitrogens is 1. The molecule has 0 saturated heterocycles. The van der Waals surface area contributed by atoms with Crippen molar-refractivity contribution < 1.29 is 4.42 Å². The van der Waals surface area contributed by atoms with E-state index in [4.69, 9.17) is 16.0 Å². The molecule has 2 aromatic carbocycles. The Hall–Kier alpha value is -3.65. The molecule has 0 aromatic heterocycles. The Kier molecular flexibility index (Phi) is 6.28. The molecule has 2 aliphatic rings. The van der Waals surface area contributed by atoms with E-state index in [9.17, 15) is 0 Å². The van der Waals surface area contributed by atoms with Crippen LogP contribution in [-0.2, 0) is 6.54 Å². The number of hydrogen-bond donors (Lipinski definition) is 0. The van der Waals surface area contributed by atoms with Crippen LogP contribution in [0.5, 0.6) is 0 Å². The maximum atomic E-state index is 7.21. The van der Waals surface area contributed by atoms with Crippen LogP contribution in [0.4, 0.5) is 5.69 Å². The van der Waals surface area contributed by atoms with Gasteiger partial charge in [0.1, 0.15) is 11.2 Å². The Morgan fingerprint density at radius 3 is 2.55 bits per heavy atom. The summed E-state index contributed by atoms with van der Waals surface area (Å²) in [5.74, 6) is 0.752. The Labute approximate surface area is 183 Å². The molecule has 31 heavy (non-hydrogen) atoms. The molecule has 0 amide bonds. The third-order valence-corrected chi connectivity index (χ3v) is 5.54. The normalized spacial score (nSPS) is 12.0. The lowest BCUT2D eigenvalue weighted by molar-refractivity contribution is 0.579. The van der Waals surface area contributed by atoms with Crippen LogP contribution in [-0.4, -0.2) is 31.2 Å². The first-order valence-electron chi connectivity index (χ1n) is 10.8. The van der Waals surface area contributed by atoms with Crippen molar-refractivity contribution >= 4 is 16.8 Å². The van der Waals surface area contributed by atoms with Gasteiger partial charge in [0.15, 0.2) is 17.9 Å². The molecule has 0 bridgehead atoms. The number of benzene rings is 3. The zero-order valence-corrected chi connectivity index (χ0v) is 18.1. The standard InChI is InChI=1S/C26H27N4O/c1-4-29(5-2)21-11-13-23-25(17-21)31-26-18-22(12-14-24(26)28-23)30(16-15-27-3)19-20-9-7-6-8-10-20/h6-14,17-18H,4-5,15-16,19H2,1-2H3/q+1. The highest BCUT2D eigenvalue weighted by Gasteiger charge is 2.15. The first-order chi connectivity index (χ1) is 15.2. The van der Waals surface area contributed by atoms with Gasteiger partial charge < -0.3 is 14.2 Å². The van der Waals surface area contributed by atoms with E-state index in [1.54, 1.807) is 0 Å². The highest BCUT2D eigenvalue weighted by molar-refractivity contribution is 5.80. The lowest BCUT2D eigenvalue weighted by Crippen LogP contribution is -2.31. The van der Waals surface area contributed by atoms with Crippen LogP contribution in [0.2, 0.25) is 0 Å². The molecular formula is C26H27N4O+. The molecular weight excluding hydrogens is 384 g/mol. The number of nitrogens with zero attached hydrogens (tertiary/aromatic N) is 4. The van der Waals surface area contributed by atoms with E-state index < -0.39 is 0 Å². The minimum absolute atomic E-state index is 0.450. The summed E-state index contributed by atoms with van der Waals surface area (Å²) >= 11 is 0. The van der Waals surface area contributed by atoms with Crippen LogP contribution in [0.1, 0.15) is 19.4 Å². The minimum Gasteiger partial charge on any atom is -0.452 e. The fraction of sp³-hybridized carbons (Fsp3) is 0.269. The molecule has 0 unspecified atom stereocenters. The molecule has 0 saturated carbocycles. The van der Waals surface area contributed by atoms with E-state index in [1.165, 1.54) is 5.56 Å². The van der Waals surface area contributed by atoms with Crippen molar-refractivity contribution in [1.82, 2.24) is 9.56 Å². The fourth-order valence-electron chi connectivity index (χ4n) is 3.86. The third-order valence-electron chi connectivity index (χ3n) is 5.54. The van der Waals surface area contributed by atoms with Crippen LogP contribution in [0.25, 0.3) is 27.4 Å². The molecule has 5 nitrogen and oxygen atoms in total. The van der Waals surface area contributed by atoms with Crippen LogP contribution < -0.4 is 14.8 Å². The first kappa shape index (κ1) is 20.6. The quantitative estimate of drug-likeness (QED) is 0.252. The lowest BCUT2D eigenvalue weighted by atomic mass is 10.2. The predicted octanol–water partition coefficient (Wildman–Crippen LogP) is 4.67. The van der Waals surface area contributed by atoms with E-state index in [-0.39, 0.29) is 0 Å². The average molecular weight is 412 g/mol. The number of anilines is 1. The number of rotatable bonds is 7. The minimum atomic E-state index is 0.450. The summed E-state index contributed by atoms with van der Waals surface area (Å²) in [5, 5.41) is 1.03. The van der Waals surface area contributed by atoms with Crippen LogP contribution >= 0.6 is 0 Å². The van der Waals surface area contributed by atoms with E-state index in [0.717, 1.165) is 53.2 Å². The maximum Gasteiger partial charge on any atom is 0.272 e. The molecule has 4 rings (SSSR count). The second-order valence-corrected chi connectivity index (χ2v) is 7.48. The second kappa shape index (κ2) is 9.44. The zero-order valence-electron chi connectivity index (χ0n) is 18.1. The molecule has 1 aliphatic heterocycles. The van der Waals surface area contributed by atoms with Gasteiger partial charge in [0.25, 0.3) is 6.54 Å². The first-order valence-corrected chi connectivity index (χ1v) is 10.8. The van der Waals surface area contributed by atoms with Crippen molar-refractivity contribution in [2.45, 2.75) is 20.4 Å². The number of fused-ring (bicyclic) bond motifs is 2. The van der Waals surface area contributed by atoms with Crippen molar-refractivity contribution in [3.63, 3.8) is 0 Å². The molecule has 0 spiro atoms. The maximum absolute atomic E-state index is 7.21. The van der Waals surface area contributed by atoms with Crippen molar-refractivity contribution in [3.05, 3.63) is 89.1 Å². The molecule has 0 fully saturated rings. The molecule has 0 atom stereocenters. The van der Waals surface area contributed by atoms with Gasteiger partial charge in [-0.05, 0) is 32.0 Å². The van der Waals surface area contributed by atoms with Gasteiger partial charge in [-0.15, -0.1) is 0 Å². The predicted molar refractivity (Wildman–Crippen MR) is 126 cm³/mol. The summed E-state index contributed by atoms with van der Waals surface area (Å²) in [6.07, 6.45) is 0. The SMILES string of the molecule is [C-]#[N+]CC[N+](Cc1ccccc1)=c1ccc2nc3ccc(N(CC)CC)cc3oc-2c1. The van der Waals surface area contributed by atoms with Crippen LogP contribution in [0.3, 0.4) is 0 Å². The average Bonchev–Trinajstić information content (AvgIpc) is 2.81. The summed E-state index contributed by atoms with van der Waals surface area (Å²) in [4.78, 5) is 10.6. The highest BCUT2D eigenvalue weighted by atomic mass is 16.3. The molecule has 0 radical (unpaired) electrons. The van der Waals surface area contributed by atoms with Gasteiger partial charge in [0, 0.05) is 36.5 Å². The number of hydrogen-bond acceptors (Lipinski definition) is 3. The molecule has 0 N–H and O–H groups in total. The summed E-state index contributed by atoms with van der Waals surface area (Å²) < 4.78 is 8.52. The Morgan fingerprint density at radius 2 is 1.81 bits per heavy atom. The fourth-order valence-corrected chi connectivity index (χ4v) is 3.86. The summed E-state index contributed by atoms with van der Waals surface area (Å²) in [5.41, 5.74) is 4.82. The van der Waals surface area contributed by atoms with Gasteiger partial charge >= 0.3 is 0 Å². The summed E-state index contributed by atoms with van der Waals surface area (Å²) in [6, 6.07) is 22.6. The topological polar surface area (TPSA) is 36.6 Å². The summed E-state index contributed by atoms with van der Waals surface area (Å²) in [7, 11) is 0. The third kappa shape index (κ3) is 4.59. The van der Waals surface area contributed by atoms with E-state index in [2.05, 4.69) is 58.5 Å². The lowest BCUT2D eigenvalue weighted by Gasteiger charge is -2.21. The van der Waals surface area contributed by atoms with Gasteiger partial charge in [-0.1, -0.05) is 30.3 Å². The van der Waals surface area contributed by atoms with Gasteiger partial charge in [-0.3, -0.25) is 0 Å². The Bertz CT molecular complexity index is 1250. The smallest absolute Gasteiger partial charge is 0.272 e. The van der Waals surface area contributed by atoms with E-state index in [1.807, 2.05) is 36.4 Å². The second-order valence-electron chi connectivity index (χ2n) is 7.48. The van der Waals surface area contributed by atoms with Crippen LogP contribution in [0, 0.1) is 6.57 Å². The van der Waals surface area contributed by atoms with Crippen molar-refractivity contribution in [2.24, 2.45) is 0 Å². The van der Waals surface area contributed by atoms with E-state index in [0.29, 0.717) is 13.1 Å². The van der Waals surface area contributed by atoms with E-state index >= 15 is 0 Å². The molecule has 1 aliphatic carbocycles. The molecule has 2 aromatic rings.